The minimum atomic E-state index is -3.78. The van der Waals surface area contributed by atoms with Gasteiger partial charge in [-0.25, -0.2) is 13.4 Å². The third kappa shape index (κ3) is 2.48. The summed E-state index contributed by atoms with van der Waals surface area (Å²) in [7, 11) is -3.78. The summed E-state index contributed by atoms with van der Waals surface area (Å²) in [6.45, 7) is 0. The average Bonchev–Trinajstić information content (AvgIpc) is 2.30. The summed E-state index contributed by atoms with van der Waals surface area (Å²) in [6.07, 6.45) is 6.70. The maximum atomic E-state index is 11.9. The van der Waals surface area contributed by atoms with Crippen molar-refractivity contribution in [3.05, 3.63) is 37.1 Å². The maximum absolute atomic E-state index is 11.9. The van der Waals surface area contributed by atoms with E-state index in [4.69, 9.17) is 5.73 Å². The minimum absolute atomic E-state index is 0.0920. The molecule has 0 amide bonds. The van der Waals surface area contributed by atoms with E-state index in [1.807, 2.05) is 0 Å². The Hall–Kier alpha value is -2.22. The highest BCUT2D eigenvalue weighted by atomic mass is 32.2. The van der Waals surface area contributed by atoms with Gasteiger partial charge in [-0.15, -0.1) is 0 Å². The molecule has 0 aliphatic rings. The molecule has 0 atom stereocenters. The Morgan fingerprint density at radius 1 is 1.12 bits per heavy atom. The van der Waals surface area contributed by atoms with Gasteiger partial charge >= 0.3 is 0 Å². The third-order valence-corrected chi connectivity index (χ3v) is 3.31. The van der Waals surface area contributed by atoms with Gasteiger partial charge in [0, 0.05) is 24.8 Å². The van der Waals surface area contributed by atoms with Crippen molar-refractivity contribution in [3.8, 4) is 0 Å². The average molecular weight is 251 g/mol. The fraction of sp³-hybridized carbons (Fsp3) is 0. The number of sulfonamides is 1. The number of nitrogen functional groups attached to an aromatic ring is 1. The molecular formula is C9H9N5O2S. The van der Waals surface area contributed by atoms with Crippen LogP contribution < -0.4 is 10.5 Å². The Morgan fingerprint density at radius 2 is 1.88 bits per heavy atom. The number of nitrogens with two attached hydrogens (primary N) is 1. The van der Waals surface area contributed by atoms with Crippen LogP contribution in [0.5, 0.6) is 0 Å². The first-order valence-corrected chi connectivity index (χ1v) is 6.06. The Morgan fingerprint density at radius 3 is 2.53 bits per heavy atom. The Kier molecular flexibility index (Phi) is 2.88. The van der Waals surface area contributed by atoms with Gasteiger partial charge in [-0.05, 0) is 6.07 Å². The van der Waals surface area contributed by atoms with Gasteiger partial charge < -0.3 is 5.73 Å². The van der Waals surface area contributed by atoms with Crippen LogP contribution in [0, 0.1) is 0 Å². The number of nitrogens with one attached hydrogen (secondary N) is 1. The van der Waals surface area contributed by atoms with Crippen molar-refractivity contribution in [1.82, 2.24) is 15.0 Å². The molecule has 0 bridgehead atoms. The van der Waals surface area contributed by atoms with Crippen LogP contribution in [0.1, 0.15) is 0 Å². The number of pyridine rings is 1. The Labute approximate surface area is 97.8 Å². The van der Waals surface area contributed by atoms with E-state index in [1.54, 1.807) is 0 Å². The van der Waals surface area contributed by atoms with Gasteiger partial charge in [0.1, 0.15) is 4.90 Å². The lowest BCUT2D eigenvalue weighted by atomic mass is 10.4. The van der Waals surface area contributed by atoms with Crippen LogP contribution in [0.15, 0.2) is 41.9 Å². The predicted octanol–water partition coefficient (Wildman–Crippen LogP) is 0.255. The summed E-state index contributed by atoms with van der Waals surface area (Å²) in [4.78, 5) is 11.2. The summed E-state index contributed by atoms with van der Waals surface area (Å²) < 4.78 is 26.1. The van der Waals surface area contributed by atoms with Crippen LogP contribution in [0.3, 0.4) is 0 Å². The Bertz CT molecular complexity index is 614. The molecule has 2 aromatic rings. The van der Waals surface area contributed by atoms with E-state index < -0.39 is 10.0 Å². The van der Waals surface area contributed by atoms with E-state index in [0.717, 1.165) is 0 Å². The van der Waals surface area contributed by atoms with Crippen LogP contribution in [-0.2, 0) is 10.0 Å². The van der Waals surface area contributed by atoms with Gasteiger partial charge in [0.05, 0.1) is 11.9 Å². The molecule has 0 unspecified atom stereocenters. The molecule has 0 aliphatic heterocycles. The topological polar surface area (TPSA) is 111 Å². The lowest BCUT2D eigenvalue weighted by Crippen LogP contribution is -2.15. The van der Waals surface area contributed by atoms with Crippen molar-refractivity contribution in [1.29, 1.82) is 0 Å². The van der Waals surface area contributed by atoms with Gasteiger partial charge in [-0.1, -0.05) is 0 Å². The number of anilines is 2. The lowest BCUT2D eigenvalue weighted by Gasteiger charge is -2.07. The molecule has 0 aromatic carbocycles. The monoisotopic (exact) mass is 251 g/mol. The van der Waals surface area contributed by atoms with Gasteiger partial charge in [0.25, 0.3) is 10.0 Å². The van der Waals surface area contributed by atoms with Crippen molar-refractivity contribution in [3.63, 3.8) is 0 Å². The summed E-state index contributed by atoms with van der Waals surface area (Å²) in [5.41, 5.74) is 5.69. The number of hydrogen-bond donors (Lipinski definition) is 2. The first-order valence-electron chi connectivity index (χ1n) is 4.58. The highest BCUT2D eigenvalue weighted by molar-refractivity contribution is 7.92. The largest absolute Gasteiger partial charge is 0.398 e. The second-order valence-corrected chi connectivity index (χ2v) is 4.76. The van der Waals surface area contributed by atoms with E-state index in [1.165, 1.54) is 37.1 Å². The smallest absolute Gasteiger partial charge is 0.266 e. The zero-order valence-electron chi connectivity index (χ0n) is 8.61. The van der Waals surface area contributed by atoms with Crippen molar-refractivity contribution >= 4 is 21.5 Å². The van der Waals surface area contributed by atoms with Crippen LogP contribution >= 0.6 is 0 Å². The molecule has 0 saturated heterocycles. The summed E-state index contributed by atoms with van der Waals surface area (Å²) in [6, 6.07) is 1.41. The zero-order chi connectivity index (χ0) is 12.3. The molecule has 0 aliphatic carbocycles. The molecule has 2 heterocycles. The van der Waals surface area contributed by atoms with E-state index in [-0.39, 0.29) is 16.4 Å². The molecule has 2 aromatic heterocycles. The first kappa shape index (κ1) is 11.3. The summed E-state index contributed by atoms with van der Waals surface area (Å²) in [5.74, 6) is 0.121. The molecule has 17 heavy (non-hydrogen) atoms. The number of aromatic nitrogens is 3. The van der Waals surface area contributed by atoms with E-state index in [2.05, 4.69) is 19.7 Å². The summed E-state index contributed by atoms with van der Waals surface area (Å²) >= 11 is 0. The molecule has 0 radical (unpaired) electrons. The molecular weight excluding hydrogens is 242 g/mol. The second-order valence-electron chi connectivity index (χ2n) is 3.11. The van der Waals surface area contributed by atoms with Crippen molar-refractivity contribution in [2.75, 3.05) is 10.5 Å². The number of rotatable bonds is 3. The first-order chi connectivity index (χ1) is 8.09. The lowest BCUT2D eigenvalue weighted by molar-refractivity contribution is 0.601. The summed E-state index contributed by atoms with van der Waals surface area (Å²) in [5, 5.41) is 0. The third-order valence-electron chi connectivity index (χ3n) is 1.91. The molecule has 3 N–H and O–H groups in total. The van der Waals surface area contributed by atoms with E-state index in [9.17, 15) is 8.42 Å². The van der Waals surface area contributed by atoms with Crippen molar-refractivity contribution in [2.24, 2.45) is 0 Å². The fourth-order valence-electron chi connectivity index (χ4n) is 1.16. The number of nitrogens with zero attached hydrogens (tertiary/aromatic N) is 3. The number of hydrogen-bond acceptors (Lipinski definition) is 6. The fourth-order valence-corrected chi connectivity index (χ4v) is 2.23. The molecule has 0 fully saturated rings. The molecule has 7 nitrogen and oxygen atoms in total. The minimum Gasteiger partial charge on any atom is -0.398 e. The highest BCUT2D eigenvalue weighted by Crippen LogP contribution is 2.18. The highest BCUT2D eigenvalue weighted by Gasteiger charge is 2.18. The van der Waals surface area contributed by atoms with Crippen molar-refractivity contribution < 1.29 is 8.42 Å². The van der Waals surface area contributed by atoms with Gasteiger partial charge in [-0.2, -0.15) is 0 Å². The SMILES string of the molecule is Nc1ccncc1S(=O)(=O)Nc1cnccn1. The predicted molar refractivity (Wildman–Crippen MR) is 61.5 cm³/mol. The Balaban J connectivity index is 2.36. The van der Waals surface area contributed by atoms with Crippen LogP contribution in [-0.4, -0.2) is 23.4 Å². The molecule has 0 saturated carbocycles. The van der Waals surface area contributed by atoms with E-state index >= 15 is 0 Å². The van der Waals surface area contributed by atoms with Gasteiger partial charge in [0.2, 0.25) is 0 Å². The molecule has 0 spiro atoms. The van der Waals surface area contributed by atoms with Crippen LogP contribution in [0.2, 0.25) is 0 Å². The standard InChI is InChI=1S/C9H9N5O2S/c10-7-1-2-11-5-8(7)17(15,16)14-9-6-12-3-4-13-9/h1-6H,(H2,10,11)(H,13,14). The second kappa shape index (κ2) is 4.34. The van der Waals surface area contributed by atoms with Gasteiger partial charge in [0.15, 0.2) is 5.82 Å². The normalized spacial score (nSPS) is 11.1. The quantitative estimate of drug-likeness (QED) is 0.809. The zero-order valence-corrected chi connectivity index (χ0v) is 9.42. The molecule has 2 rings (SSSR count). The van der Waals surface area contributed by atoms with Crippen LogP contribution in [0.4, 0.5) is 11.5 Å². The molecule has 88 valence electrons. The van der Waals surface area contributed by atoms with Crippen LogP contribution in [0.25, 0.3) is 0 Å². The maximum Gasteiger partial charge on any atom is 0.266 e. The molecule has 8 heteroatoms. The van der Waals surface area contributed by atoms with Gasteiger partial charge in [-0.3, -0.25) is 14.7 Å². The van der Waals surface area contributed by atoms with E-state index in [0.29, 0.717) is 0 Å². The van der Waals surface area contributed by atoms with Crippen molar-refractivity contribution in [2.45, 2.75) is 4.90 Å².